The molecule has 3 aliphatic heterocycles. The van der Waals surface area contributed by atoms with E-state index in [2.05, 4.69) is 10.2 Å². The fourth-order valence-electron chi connectivity index (χ4n) is 9.05. The summed E-state index contributed by atoms with van der Waals surface area (Å²) in [5, 5.41) is 49.1. The van der Waals surface area contributed by atoms with Gasteiger partial charge in [0, 0.05) is 98.1 Å². The van der Waals surface area contributed by atoms with Crippen LogP contribution in [0, 0.1) is 30.6 Å². The van der Waals surface area contributed by atoms with Gasteiger partial charge in [0.05, 0.1) is 35.2 Å². The molecular formula is C48H58N4O13. The maximum Gasteiger partial charge on any atom is 0.307 e. The molecule has 65 heavy (non-hydrogen) atoms. The number of benzene rings is 3. The van der Waals surface area contributed by atoms with Crippen LogP contribution in [-0.4, -0.2) is 113 Å². The molecule has 7 rings (SSSR count). The lowest BCUT2D eigenvalue weighted by molar-refractivity contribution is -0.160. The number of phenolic OH excluding ortho intramolecular Hbond substituents is 1. The molecule has 3 aliphatic rings. The maximum absolute atomic E-state index is 14.8. The first kappa shape index (κ1) is 47.0. The Morgan fingerprint density at radius 1 is 0.969 bits per heavy atom. The van der Waals surface area contributed by atoms with Gasteiger partial charge in [-0.15, -0.1) is 0 Å². The summed E-state index contributed by atoms with van der Waals surface area (Å²) in [6.45, 7) is 13.9. The molecule has 0 saturated carbocycles. The summed E-state index contributed by atoms with van der Waals surface area (Å²) in [7, 11) is 5.39. The topological polar surface area (TPSA) is 231 Å². The van der Waals surface area contributed by atoms with Crippen molar-refractivity contribution in [3.05, 3.63) is 79.5 Å². The molecule has 1 fully saturated rings. The summed E-state index contributed by atoms with van der Waals surface area (Å²) in [6.07, 6.45) is 3.55. The minimum atomic E-state index is -1.98. The average Bonchev–Trinajstić information content (AvgIpc) is 3.50. The van der Waals surface area contributed by atoms with Crippen LogP contribution in [0.4, 0.5) is 11.4 Å². The number of carbonyl (C=O) groups excluding carboxylic acids is 2. The van der Waals surface area contributed by atoms with Crippen molar-refractivity contribution in [1.82, 2.24) is 9.88 Å². The second-order valence-electron chi connectivity index (χ2n) is 18.1. The minimum absolute atomic E-state index is 0.0285. The van der Waals surface area contributed by atoms with Crippen molar-refractivity contribution in [2.24, 2.45) is 23.7 Å². The van der Waals surface area contributed by atoms with Crippen LogP contribution in [0.25, 0.3) is 38.7 Å². The quantitative estimate of drug-likeness (QED) is 0.109. The van der Waals surface area contributed by atoms with Crippen LogP contribution in [0.5, 0.6) is 11.5 Å². The first-order valence-electron chi connectivity index (χ1n) is 21.6. The van der Waals surface area contributed by atoms with Gasteiger partial charge in [-0.1, -0.05) is 45.9 Å². The standard InChI is InChI=1S/C48H58N4O13/c1-21-13-12-14-22(2)47(60)50-38-42(58)34-33(37-45(38)64-32-18-28(17-30(54)36(32)49-37)52-19-29(20-52)51(9)10)35-44(26(6)41(34)57)65-48(8,46(35)59)62-16-15-31(61-11)23(3)43(63-27(7)53)25(5)40(56)24(4)39(21)55/h12-18,21,23-25,29,31,39-40,43,55-57,59H,19-20H2,1-11H3,(H,50,60)/t21-,23+,24+,25+,31-,39-,40+,43+,48-/m0/s1. The number of aromatic nitrogens is 1. The normalized spacial score (nSPS) is 28.2. The van der Waals surface area contributed by atoms with Gasteiger partial charge >= 0.3 is 11.8 Å². The number of nitrogens with one attached hydrogen (secondary N) is 1. The Labute approximate surface area is 375 Å². The number of hydrogen-bond acceptors (Lipinski definition) is 16. The molecule has 1 amide bonds. The van der Waals surface area contributed by atoms with Crippen molar-refractivity contribution in [2.45, 2.75) is 91.6 Å². The van der Waals surface area contributed by atoms with E-state index in [1.165, 1.54) is 59.3 Å². The van der Waals surface area contributed by atoms with Gasteiger partial charge in [0.25, 0.3) is 5.91 Å². The van der Waals surface area contributed by atoms with E-state index >= 15 is 0 Å². The Hall–Kier alpha value is -6.01. The molecule has 3 aromatic carbocycles. The highest BCUT2D eigenvalue weighted by Crippen LogP contribution is 2.42. The molecule has 0 radical (unpaired) electrons. The molecule has 348 valence electrons. The summed E-state index contributed by atoms with van der Waals surface area (Å²) in [5.41, 5.74) is -1.42. The predicted octanol–water partition coefficient (Wildman–Crippen LogP) is 4.31. The SMILES string of the molecule is CO[C@H]1C=CO[C@@]2(C)Oc3c(C)c(O)c4c(=O)c(c5oc6cc(N7CC(N(C)C)C7)cc(=O)c6nc5c4c3=C2O)NC(=O)C(C)=CC=C[C@H](C)[C@H](O)[C@@H](C)[C@@H](O)[C@@H](C)[C@H](OC(C)=O)[C@@H]1C. The number of allylic oxidation sites excluding steroid dienone is 2. The molecule has 17 nitrogen and oxygen atoms in total. The number of methoxy groups -OCH3 is 1. The van der Waals surface area contributed by atoms with Gasteiger partial charge in [0.15, 0.2) is 22.4 Å². The average molecular weight is 899 g/mol. The number of amides is 1. The number of aliphatic hydroxyl groups excluding tert-OH is 3. The van der Waals surface area contributed by atoms with Crippen LogP contribution in [0.3, 0.4) is 0 Å². The van der Waals surface area contributed by atoms with Gasteiger partial charge in [-0.25, -0.2) is 4.98 Å². The van der Waals surface area contributed by atoms with E-state index in [4.69, 9.17) is 28.3 Å². The van der Waals surface area contributed by atoms with Crippen LogP contribution < -0.4 is 31.0 Å². The first-order valence-corrected chi connectivity index (χ1v) is 21.6. The second kappa shape index (κ2) is 17.8. The van der Waals surface area contributed by atoms with Crippen molar-refractivity contribution >= 4 is 62.0 Å². The number of hydrogen-bond donors (Lipinski definition) is 5. The highest BCUT2D eigenvalue weighted by molar-refractivity contribution is 6.16. The molecule has 5 N–H and O–H groups in total. The third-order valence-corrected chi connectivity index (χ3v) is 13.4. The third kappa shape index (κ3) is 8.30. The van der Waals surface area contributed by atoms with Crippen LogP contribution in [0.1, 0.15) is 54.0 Å². The summed E-state index contributed by atoms with van der Waals surface area (Å²) in [6, 6.07) is 3.36. The van der Waals surface area contributed by atoms with Crippen LogP contribution in [0.15, 0.2) is 62.3 Å². The van der Waals surface area contributed by atoms with Gasteiger partial charge in [-0.3, -0.25) is 19.2 Å². The number of fused-ring (bicyclic) bond motifs is 2. The molecule has 0 unspecified atom stereocenters. The largest absolute Gasteiger partial charge is 0.507 e. The van der Waals surface area contributed by atoms with Crippen LogP contribution in [-0.2, 0) is 23.8 Å². The molecule has 1 saturated heterocycles. The van der Waals surface area contributed by atoms with Crippen molar-refractivity contribution in [3.8, 4) is 11.5 Å². The number of nitrogens with zero attached hydrogens (tertiary/aromatic N) is 3. The second-order valence-corrected chi connectivity index (χ2v) is 18.1. The van der Waals surface area contributed by atoms with Crippen molar-refractivity contribution in [3.63, 3.8) is 0 Å². The van der Waals surface area contributed by atoms with E-state index < -0.39 is 88.1 Å². The van der Waals surface area contributed by atoms with E-state index in [1.807, 2.05) is 19.0 Å². The number of aromatic hydroxyl groups is 1. The van der Waals surface area contributed by atoms with E-state index in [9.17, 15) is 39.6 Å². The third-order valence-electron chi connectivity index (χ3n) is 13.4. The number of esters is 1. The number of rotatable bonds is 4. The van der Waals surface area contributed by atoms with E-state index in [0.29, 0.717) is 18.8 Å². The van der Waals surface area contributed by atoms with Gasteiger partial charge in [-0.05, 0) is 34.0 Å². The number of ether oxygens (including phenoxy) is 4. The van der Waals surface area contributed by atoms with Crippen LogP contribution in [0.2, 0.25) is 0 Å². The zero-order valence-corrected chi connectivity index (χ0v) is 38.5. The highest BCUT2D eigenvalue weighted by Gasteiger charge is 2.44. The smallest absolute Gasteiger partial charge is 0.307 e. The first-order chi connectivity index (χ1) is 30.6. The molecule has 0 aliphatic carbocycles. The maximum atomic E-state index is 14.8. The molecule has 1 aromatic heterocycles. The summed E-state index contributed by atoms with van der Waals surface area (Å²) in [5.74, 6) is -6.93. The predicted molar refractivity (Wildman–Crippen MR) is 245 cm³/mol. The van der Waals surface area contributed by atoms with Gasteiger partial charge in [0.1, 0.15) is 28.8 Å². The lowest BCUT2D eigenvalue weighted by Crippen LogP contribution is -2.57. The molecule has 4 aromatic rings. The van der Waals surface area contributed by atoms with Gasteiger partial charge < -0.3 is 58.9 Å². The van der Waals surface area contributed by atoms with Crippen molar-refractivity contribution in [1.29, 1.82) is 0 Å². The Bertz CT molecular complexity index is 2850. The molecule has 0 spiro atoms. The molecule has 4 bridgehead atoms. The summed E-state index contributed by atoms with van der Waals surface area (Å²) >= 11 is 0. The number of likely N-dealkylation sites (N-methyl/N-ethyl adjacent to an activating group) is 1. The van der Waals surface area contributed by atoms with E-state index in [0.717, 1.165) is 0 Å². The number of aliphatic hydroxyl groups is 3. The summed E-state index contributed by atoms with van der Waals surface area (Å²) in [4.78, 5) is 63.9. The Morgan fingerprint density at radius 2 is 1.66 bits per heavy atom. The highest BCUT2D eigenvalue weighted by atomic mass is 16.7. The lowest BCUT2D eigenvalue weighted by Gasteiger charge is -2.44. The van der Waals surface area contributed by atoms with E-state index in [1.54, 1.807) is 45.9 Å². The molecule has 4 heterocycles. The Morgan fingerprint density at radius 3 is 2.31 bits per heavy atom. The summed E-state index contributed by atoms with van der Waals surface area (Å²) < 4.78 is 30.4. The fraction of sp³-hybridized carbons (Fsp3) is 0.479. The number of carbonyl (C=O) groups is 2. The van der Waals surface area contributed by atoms with Gasteiger partial charge in [0.2, 0.25) is 10.9 Å². The molecular weight excluding hydrogens is 841 g/mol. The lowest BCUT2D eigenvalue weighted by atomic mass is 9.78. The number of anilines is 2. The van der Waals surface area contributed by atoms with Crippen LogP contribution >= 0.6 is 0 Å². The van der Waals surface area contributed by atoms with Crippen molar-refractivity contribution < 1.29 is 53.4 Å². The monoisotopic (exact) mass is 898 g/mol. The van der Waals surface area contributed by atoms with Crippen molar-refractivity contribution in [2.75, 3.05) is 44.5 Å². The minimum Gasteiger partial charge on any atom is -0.507 e. The Balaban J connectivity index is 1.47. The fourth-order valence-corrected chi connectivity index (χ4v) is 9.05. The Kier molecular flexibility index (Phi) is 12.8. The zero-order chi connectivity index (χ0) is 47.6. The molecule has 17 heteroatoms. The zero-order valence-electron chi connectivity index (χ0n) is 38.5. The number of phenols is 1. The van der Waals surface area contributed by atoms with Gasteiger partial charge in [-0.2, -0.15) is 0 Å². The molecule has 9 atom stereocenters. The van der Waals surface area contributed by atoms with E-state index in [-0.39, 0.29) is 66.8 Å².